The molecule has 5 aromatic carbocycles. The molecule has 57 heavy (non-hydrogen) atoms. The second kappa shape index (κ2) is 16.3. The van der Waals surface area contributed by atoms with E-state index >= 15 is 0 Å². The van der Waals surface area contributed by atoms with Gasteiger partial charge in [-0.15, -0.1) is 0 Å². The number of fused-ring (bicyclic) bond motifs is 2. The van der Waals surface area contributed by atoms with Gasteiger partial charge in [0.25, 0.3) is 0 Å². The summed E-state index contributed by atoms with van der Waals surface area (Å²) in [5.41, 5.74) is 16.1. The molecule has 1 aliphatic heterocycles. The van der Waals surface area contributed by atoms with Crippen LogP contribution < -0.4 is 19.4 Å². The predicted molar refractivity (Wildman–Crippen MR) is 249 cm³/mol. The summed E-state index contributed by atoms with van der Waals surface area (Å²) in [6.07, 6.45) is 0. The summed E-state index contributed by atoms with van der Waals surface area (Å²) < 4.78 is 7.30. The van der Waals surface area contributed by atoms with Crippen LogP contribution >= 0.6 is 23.2 Å². The molecule has 0 radical (unpaired) electrons. The van der Waals surface area contributed by atoms with Gasteiger partial charge >= 0.3 is 0 Å². The lowest BCUT2D eigenvalue weighted by molar-refractivity contribution is 0.445. The first-order chi connectivity index (χ1) is 26.9. The van der Waals surface area contributed by atoms with E-state index < -0.39 is 0 Å². The average molecular weight is 805 g/mol. The zero-order valence-electron chi connectivity index (χ0n) is 36.8. The van der Waals surface area contributed by atoms with Crippen molar-refractivity contribution >= 4 is 51.6 Å². The van der Waals surface area contributed by atoms with E-state index in [1.807, 2.05) is 0 Å². The summed E-state index contributed by atoms with van der Waals surface area (Å²) in [4.78, 5) is 7.12. The molecule has 0 atom stereocenters. The van der Waals surface area contributed by atoms with E-state index in [0.29, 0.717) is 10.0 Å². The number of aryl methyl sites for hydroxylation is 2. The number of halogens is 2. The minimum Gasteiger partial charge on any atom is -0.456 e. The van der Waals surface area contributed by atoms with Gasteiger partial charge in [-0.3, -0.25) is 0 Å². The molecule has 5 aromatic rings. The maximum Gasteiger partial charge on any atom is 0.136 e. The Morgan fingerprint density at radius 2 is 0.895 bits per heavy atom. The number of hydrogen-bond donors (Lipinski definition) is 0. The predicted octanol–water partition coefficient (Wildman–Crippen LogP) is 15.3. The highest BCUT2D eigenvalue weighted by Gasteiger charge is 2.37. The maximum atomic E-state index is 7.41. The number of hydrogen-bond acceptors (Lipinski definition) is 4. The minimum atomic E-state index is -0.241. The second-order valence-corrected chi connectivity index (χ2v) is 18.6. The van der Waals surface area contributed by atoms with Gasteiger partial charge in [0.05, 0.1) is 11.4 Å². The average Bonchev–Trinajstić information content (AvgIpc) is 3.15. The fourth-order valence-electron chi connectivity index (χ4n) is 8.93. The molecule has 0 N–H and O–H groups in total. The molecule has 0 unspecified atom stereocenters. The molecule has 0 aromatic heterocycles. The Morgan fingerprint density at radius 3 is 1.21 bits per heavy atom. The van der Waals surface area contributed by atoms with Gasteiger partial charge in [0.2, 0.25) is 0 Å². The first kappa shape index (κ1) is 42.5. The number of ether oxygens (including phenoxy) is 1. The van der Waals surface area contributed by atoms with Crippen molar-refractivity contribution in [1.29, 1.82) is 0 Å². The van der Waals surface area contributed by atoms with Crippen molar-refractivity contribution < 1.29 is 4.74 Å². The van der Waals surface area contributed by atoms with Crippen molar-refractivity contribution in [1.82, 2.24) is 0 Å². The van der Waals surface area contributed by atoms with Crippen molar-refractivity contribution in [3.05, 3.63) is 133 Å². The molecule has 0 bridgehead atoms. The molecule has 0 saturated carbocycles. The lowest BCUT2D eigenvalue weighted by Crippen LogP contribution is -2.23. The fraction of sp³-hybridized carbons (Fsp3) is 0.412. The SMILES string of the molecule is CCN(CC)c1cc(Cl)c(C2c3cc(C)c(N(CC)c4ccc(C(C)(C)C)cc4)c(C)c3Oc3c2cc(C)c(N(CC)c2ccc(C(C)(C)C)cc2)c3C)c(Cl)c1. The monoisotopic (exact) mass is 803 g/mol. The third-order valence-electron chi connectivity index (χ3n) is 12.0. The highest BCUT2D eigenvalue weighted by Crippen LogP contribution is 2.57. The number of nitrogens with zero attached hydrogens (tertiary/aromatic N) is 3. The maximum absolute atomic E-state index is 7.41. The Balaban J connectivity index is 1.59. The Labute approximate surface area is 353 Å². The summed E-state index contributed by atoms with van der Waals surface area (Å²) in [6, 6.07) is 26.9. The third-order valence-corrected chi connectivity index (χ3v) is 12.6. The van der Waals surface area contributed by atoms with Gasteiger partial charge in [0.15, 0.2) is 0 Å². The van der Waals surface area contributed by atoms with Crippen molar-refractivity contribution in [3.63, 3.8) is 0 Å². The van der Waals surface area contributed by atoms with Crippen LogP contribution in [-0.4, -0.2) is 26.2 Å². The van der Waals surface area contributed by atoms with Crippen LogP contribution in [0.15, 0.2) is 72.8 Å². The summed E-state index contributed by atoms with van der Waals surface area (Å²) in [5.74, 6) is 1.50. The van der Waals surface area contributed by atoms with Crippen molar-refractivity contribution in [2.24, 2.45) is 0 Å². The Hall–Kier alpha value is -4.12. The van der Waals surface area contributed by atoms with Crippen LogP contribution in [0.1, 0.15) is 125 Å². The largest absolute Gasteiger partial charge is 0.456 e. The lowest BCUT2D eigenvalue weighted by Gasteiger charge is -2.37. The van der Waals surface area contributed by atoms with E-state index in [1.165, 1.54) is 22.3 Å². The van der Waals surface area contributed by atoms with E-state index in [9.17, 15) is 0 Å². The van der Waals surface area contributed by atoms with Gasteiger partial charge in [-0.25, -0.2) is 0 Å². The van der Waals surface area contributed by atoms with Gasteiger partial charge in [-0.05, 0) is 137 Å². The number of rotatable bonds is 10. The van der Waals surface area contributed by atoms with Crippen LogP contribution in [0.5, 0.6) is 11.5 Å². The summed E-state index contributed by atoms with van der Waals surface area (Å²) in [6.45, 7) is 34.5. The van der Waals surface area contributed by atoms with Crippen molar-refractivity contribution in [3.8, 4) is 11.5 Å². The smallest absolute Gasteiger partial charge is 0.136 e. The van der Waals surface area contributed by atoms with E-state index in [0.717, 1.165) is 93.9 Å². The van der Waals surface area contributed by atoms with Crippen LogP contribution in [0.25, 0.3) is 0 Å². The highest BCUT2D eigenvalue weighted by atomic mass is 35.5. The Morgan fingerprint density at radius 1 is 0.526 bits per heavy atom. The van der Waals surface area contributed by atoms with Crippen LogP contribution in [0.3, 0.4) is 0 Å². The molecule has 0 amide bonds. The molecule has 0 aliphatic carbocycles. The van der Waals surface area contributed by atoms with E-state index in [4.69, 9.17) is 27.9 Å². The van der Waals surface area contributed by atoms with E-state index in [1.54, 1.807) is 0 Å². The fourth-order valence-corrected chi connectivity index (χ4v) is 9.62. The summed E-state index contributed by atoms with van der Waals surface area (Å²) >= 11 is 14.8. The number of anilines is 5. The molecule has 1 aliphatic rings. The second-order valence-electron chi connectivity index (χ2n) is 17.8. The lowest BCUT2D eigenvalue weighted by atomic mass is 9.79. The molecule has 302 valence electrons. The van der Waals surface area contributed by atoms with Gasteiger partial charge in [0.1, 0.15) is 11.5 Å². The van der Waals surface area contributed by atoms with Crippen LogP contribution in [0, 0.1) is 27.7 Å². The molecule has 6 heteroatoms. The standard InChI is InChI=1S/C51H63Cl2N3O/c1-15-54(16-2)39-29-42(52)45(43(53)30-39)44-40-27-31(5)46(55(17-3)37-23-19-35(20-24-37)50(9,10)11)33(7)48(40)57-49-34(8)47(32(6)28-41(44)49)56(18-4)38-25-21-36(22-26-38)51(12,13)14/h19-30,44H,15-18H2,1-14H3. The molecule has 4 nitrogen and oxygen atoms in total. The van der Waals surface area contributed by atoms with Crippen LogP contribution in [0.2, 0.25) is 10.0 Å². The normalized spacial score (nSPS) is 12.9. The molecule has 6 rings (SSSR count). The van der Waals surface area contributed by atoms with Crippen molar-refractivity contribution in [2.75, 3.05) is 40.9 Å². The zero-order chi connectivity index (χ0) is 41.7. The van der Waals surface area contributed by atoms with Gasteiger partial charge in [0, 0.05) is 87.0 Å². The Bertz CT molecular complexity index is 2110. The molecular weight excluding hydrogens is 741 g/mol. The van der Waals surface area contributed by atoms with E-state index in [-0.39, 0.29) is 16.7 Å². The summed E-state index contributed by atoms with van der Waals surface area (Å²) in [5, 5.41) is 1.32. The third kappa shape index (κ3) is 7.89. The molecule has 0 spiro atoms. The first-order valence-electron chi connectivity index (χ1n) is 20.8. The van der Waals surface area contributed by atoms with Crippen LogP contribution in [-0.2, 0) is 10.8 Å². The quantitative estimate of drug-likeness (QED) is 0.137. The molecular formula is C51H63Cl2N3O. The van der Waals surface area contributed by atoms with Gasteiger partial charge in [-0.2, -0.15) is 0 Å². The Kier molecular flexibility index (Phi) is 12.1. The van der Waals surface area contributed by atoms with Gasteiger partial charge < -0.3 is 19.4 Å². The summed E-state index contributed by atoms with van der Waals surface area (Å²) in [7, 11) is 0. The van der Waals surface area contributed by atoms with Gasteiger partial charge in [-0.1, -0.05) is 89.0 Å². The van der Waals surface area contributed by atoms with Crippen molar-refractivity contribution in [2.45, 2.75) is 114 Å². The zero-order valence-corrected chi connectivity index (χ0v) is 38.4. The van der Waals surface area contributed by atoms with Crippen LogP contribution in [0.4, 0.5) is 28.4 Å². The molecule has 0 fully saturated rings. The molecule has 1 heterocycles. The minimum absolute atomic E-state index is 0.0773. The first-order valence-corrected chi connectivity index (χ1v) is 21.6. The molecule has 0 saturated heterocycles. The van der Waals surface area contributed by atoms with E-state index in [2.05, 4.69) is 184 Å². The topological polar surface area (TPSA) is 19.0 Å². The number of benzene rings is 5. The highest BCUT2D eigenvalue weighted by molar-refractivity contribution is 6.36.